The highest BCUT2D eigenvalue weighted by atomic mass is 35.5. The lowest BCUT2D eigenvalue weighted by atomic mass is 10.2. The minimum Gasteiger partial charge on any atom is -0.369 e. The average Bonchev–Trinajstić information content (AvgIpc) is 2.83. The van der Waals surface area contributed by atoms with Crippen LogP contribution in [0.15, 0.2) is 18.2 Å². The van der Waals surface area contributed by atoms with Crippen molar-refractivity contribution < 1.29 is 0 Å². The normalized spacial score (nSPS) is 16.5. The number of unbranched alkanes of at least 4 members (excludes halogenated alkanes) is 1. The molecule has 1 heterocycles. The molecular formula is C16H26Cl2N4. The van der Waals surface area contributed by atoms with Gasteiger partial charge in [0.15, 0.2) is 0 Å². The van der Waals surface area contributed by atoms with Crippen LogP contribution in [-0.4, -0.2) is 44.6 Å². The SMILES string of the molecule is CN1c2ccc(N(CCCl)CCCl)cc2NC1CCCCN. The fourth-order valence-electron chi connectivity index (χ4n) is 2.91. The molecule has 0 fully saturated rings. The lowest BCUT2D eigenvalue weighted by Crippen LogP contribution is -2.32. The molecule has 1 aromatic rings. The minimum atomic E-state index is 0.353. The number of benzene rings is 1. The van der Waals surface area contributed by atoms with E-state index >= 15 is 0 Å². The quantitative estimate of drug-likeness (QED) is 0.533. The van der Waals surface area contributed by atoms with Gasteiger partial charge in [0.2, 0.25) is 0 Å². The van der Waals surface area contributed by atoms with Gasteiger partial charge in [0, 0.05) is 37.6 Å². The maximum atomic E-state index is 5.90. The van der Waals surface area contributed by atoms with Gasteiger partial charge in [-0.15, -0.1) is 23.2 Å². The molecule has 0 aliphatic carbocycles. The summed E-state index contributed by atoms with van der Waals surface area (Å²) in [4.78, 5) is 4.53. The van der Waals surface area contributed by atoms with Crippen molar-refractivity contribution in [2.75, 3.05) is 53.6 Å². The first-order valence-corrected chi connectivity index (χ1v) is 8.98. The molecule has 0 saturated heterocycles. The Hall–Kier alpha value is -0.840. The first-order chi connectivity index (χ1) is 10.7. The highest BCUT2D eigenvalue weighted by molar-refractivity contribution is 6.18. The van der Waals surface area contributed by atoms with Crippen LogP contribution in [0.4, 0.5) is 17.1 Å². The highest BCUT2D eigenvalue weighted by Crippen LogP contribution is 2.37. The van der Waals surface area contributed by atoms with Crippen LogP contribution in [-0.2, 0) is 0 Å². The largest absolute Gasteiger partial charge is 0.369 e. The van der Waals surface area contributed by atoms with E-state index in [0.29, 0.717) is 17.9 Å². The van der Waals surface area contributed by atoms with Crippen molar-refractivity contribution >= 4 is 40.3 Å². The third kappa shape index (κ3) is 4.12. The van der Waals surface area contributed by atoms with Gasteiger partial charge in [-0.2, -0.15) is 0 Å². The fourth-order valence-corrected chi connectivity index (χ4v) is 3.32. The molecule has 1 aromatic carbocycles. The van der Waals surface area contributed by atoms with Gasteiger partial charge in [0.05, 0.1) is 17.5 Å². The Morgan fingerprint density at radius 1 is 1.23 bits per heavy atom. The zero-order chi connectivity index (χ0) is 15.9. The number of nitrogens with one attached hydrogen (secondary N) is 1. The molecule has 1 aliphatic rings. The number of nitrogens with two attached hydrogens (primary N) is 1. The van der Waals surface area contributed by atoms with Crippen LogP contribution in [0.1, 0.15) is 19.3 Å². The van der Waals surface area contributed by atoms with Crippen molar-refractivity contribution in [2.45, 2.75) is 25.4 Å². The van der Waals surface area contributed by atoms with Gasteiger partial charge < -0.3 is 20.9 Å². The third-order valence-corrected chi connectivity index (χ3v) is 4.49. The van der Waals surface area contributed by atoms with Crippen molar-refractivity contribution in [1.29, 1.82) is 0 Å². The number of halogens is 2. The summed E-state index contributed by atoms with van der Waals surface area (Å²) in [6.45, 7) is 2.38. The van der Waals surface area contributed by atoms with E-state index in [1.807, 2.05) is 0 Å². The van der Waals surface area contributed by atoms with Crippen LogP contribution in [0, 0.1) is 0 Å². The molecule has 1 aliphatic heterocycles. The van der Waals surface area contributed by atoms with Crippen molar-refractivity contribution in [3.8, 4) is 0 Å². The number of hydrogen-bond acceptors (Lipinski definition) is 4. The lowest BCUT2D eigenvalue weighted by Gasteiger charge is -2.23. The van der Waals surface area contributed by atoms with E-state index in [1.165, 1.54) is 17.1 Å². The van der Waals surface area contributed by atoms with Crippen molar-refractivity contribution in [2.24, 2.45) is 5.73 Å². The monoisotopic (exact) mass is 344 g/mol. The van der Waals surface area contributed by atoms with Crippen LogP contribution in [0.5, 0.6) is 0 Å². The Balaban J connectivity index is 2.08. The lowest BCUT2D eigenvalue weighted by molar-refractivity contribution is 0.601. The second kappa shape index (κ2) is 8.70. The van der Waals surface area contributed by atoms with E-state index < -0.39 is 0 Å². The summed E-state index contributed by atoms with van der Waals surface area (Å²) in [5, 5.41) is 3.62. The van der Waals surface area contributed by atoms with Crippen LogP contribution in [0.3, 0.4) is 0 Å². The molecule has 0 bridgehead atoms. The Labute approximate surface area is 143 Å². The molecule has 124 valence electrons. The van der Waals surface area contributed by atoms with Gasteiger partial charge in [-0.05, 0) is 44.0 Å². The summed E-state index contributed by atoms with van der Waals surface area (Å²) < 4.78 is 0. The minimum absolute atomic E-state index is 0.353. The Morgan fingerprint density at radius 2 is 1.95 bits per heavy atom. The zero-order valence-corrected chi connectivity index (χ0v) is 14.7. The van der Waals surface area contributed by atoms with Gasteiger partial charge in [-0.3, -0.25) is 0 Å². The maximum Gasteiger partial charge on any atom is 0.0988 e. The topological polar surface area (TPSA) is 44.5 Å². The molecule has 2 rings (SSSR count). The van der Waals surface area contributed by atoms with Gasteiger partial charge in [-0.25, -0.2) is 0 Å². The summed E-state index contributed by atoms with van der Waals surface area (Å²) in [5.41, 5.74) is 9.19. The van der Waals surface area contributed by atoms with Crippen molar-refractivity contribution in [1.82, 2.24) is 0 Å². The Bertz CT molecular complexity index is 463. The van der Waals surface area contributed by atoms with Crippen LogP contribution >= 0.6 is 23.2 Å². The van der Waals surface area contributed by atoms with E-state index in [0.717, 1.165) is 38.9 Å². The number of nitrogens with zero attached hydrogens (tertiary/aromatic N) is 2. The molecule has 3 N–H and O–H groups in total. The maximum absolute atomic E-state index is 5.90. The van der Waals surface area contributed by atoms with E-state index in [1.54, 1.807) is 0 Å². The second-order valence-corrected chi connectivity index (χ2v) is 6.38. The predicted molar refractivity (Wildman–Crippen MR) is 98.8 cm³/mol. The van der Waals surface area contributed by atoms with Gasteiger partial charge in [0.1, 0.15) is 0 Å². The Kier molecular flexibility index (Phi) is 6.93. The van der Waals surface area contributed by atoms with Gasteiger partial charge in [-0.1, -0.05) is 0 Å². The summed E-state index contributed by atoms with van der Waals surface area (Å²) in [5.74, 6) is 1.20. The molecular weight excluding hydrogens is 319 g/mol. The Morgan fingerprint density at radius 3 is 2.59 bits per heavy atom. The van der Waals surface area contributed by atoms with Crippen molar-refractivity contribution in [3.63, 3.8) is 0 Å². The molecule has 4 nitrogen and oxygen atoms in total. The molecule has 0 amide bonds. The number of anilines is 3. The van der Waals surface area contributed by atoms with Crippen LogP contribution < -0.4 is 20.9 Å². The fraction of sp³-hybridized carbons (Fsp3) is 0.625. The first-order valence-electron chi connectivity index (χ1n) is 7.91. The molecule has 0 aromatic heterocycles. The number of alkyl halides is 2. The average molecular weight is 345 g/mol. The number of rotatable bonds is 9. The number of hydrogen-bond donors (Lipinski definition) is 2. The summed E-state index contributed by atoms with van der Waals surface area (Å²) >= 11 is 11.8. The molecule has 6 heteroatoms. The molecule has 0 spiro atoms. The second-order valence-electron chi connectivity index (χ2n) is 5.62. The van der Waals surface area contributed by atoms with Gasteiger partial charge >= 0.3 is 0 Å². The zero-order valence-electron chi connectivity index (χ0n) is 13.2. The first kappa shape index (κ1) is 17.5. The van der Waals surface area contributed by atoms with Crippen LogP contribution in [0.25, 0.3) is 0 Å². The summed E-state index contributed by atoms with van der Waals surface area (Å²) in [6, 6.07) is 6.53. The number of fused-ring (bicyclic) bond motifs is 1. The van der Waals surface area contributed by atoms with E-state index in [4.69, 9.17) is 28.9 Å². The predicted octanol–water partition coefficient (Wildman–Crippen LogP) is 3.29. The highest BCUT2D eigenvalue weighted by Gasteiger charge is 2.25. The van der Waals surface area contributed by atoms with E-state index in [9.17, 15) is 0 Å². The van der Waals surface area contributed by atoms with E-state index in [-0.39, 0.29) is 0 Å². The molecule has 0 radical (unpaired) electrons. The molecule has 0 saturated carbocycles. The molecule has 22 heavy (non-hydrogen) atoms. The van der Waals surface area contributed by atoms with Gasteiger partial charge in [0.25, 0.3) is 0 Å². The summed E-state index contributed by atoms with van der Waals surface area (Å²) in [7, 11) is 2.14. The standard InChI is InChI=1S/C16H26Cl2N4/c1-21-15-6-5-13(22(10-7-17)11-8-18)12-14(15)20-16(21)4-2-3-9-19/h5-6,12,16,20H,2-4,7-11,19H2,1H3. The summed E-state index contributed by atoms with van der Waals surface area (Å²) in [6.07, 6.45) is 3.67. The van der Waals surface area contributed by atoms with E-state index in [2.05, 4.69) is 40.4 Å². The molecule has 1 atom stereocenters. The van der Waals surface area contributed by atoms with Crippen LogP contribution in [0.2, 0.25) is 0 Å². The van der Waals surface area contributed by atoms with Crippen molar-refractivity contribution in [3.05, 3.63) is 18.2 Å². The molecule has 1 unspecified atom stereocenters. The smallest absolute Gasteiger partial charge is 0.0988 e. The third-order valence-electron chi connectivity index (χ3n) is 4.16.